The van der Waals surface area contributed by atoms with E-state index in [0.29, 0.717) is 38.2 Å². The first-order valence-electron chi connectivity index (χ1n) is 8.22. The van der Waals surface area contributed by atoms with Crippen LogP contribution in [0.15, 0.2) is 23.7 Å². The Kier molecular flexibility index (Phi) is 6.02. The second-order valence-electron chi connectivity index (χ2n) is 6.17. The van der Waals surface area contributed by atoms with Gasteiger partial charge in [0, 0.05) is 37.8 Å². The van der Waals surface area contributed by atoms with Crippen LogP contribution in [0.3, 0.4) is 0 Å². The average Bonchev–Trinajstić information content (AvgIpc) is 3.00. The van der Waals surface area contributed by atoms with E-state index in [2.05, 4.69) is 9.88 Å². The van der Waals surface area contributed by atoms with E-state index in [1.165, 1.54) is 16.2 Å². The smallest absolute Gasteiger partial charge is 0.337 e. The molecule has 4 nitrogen and oxygen atoms in total. The second kappa shape index (κ2) is 8.12. The van der Waals surface area contributed by atoms with E-state index in [-0.39, 0.29) is 6.54 Å². The van der Waals surface area contributed by atoms with Gasteiger partial charge in [0.15, 0.2) is 5.82 Å². The van der Waals surface area contributed by atoms with Crippen LogP contribution in [0.2, 0.25) is 5.02 Å². The fourth-order valence-electron chi connectivity index (χ4n) is 2.93. The Morgan fingerprint density at radius 3 is 2.67 bits per heavy atom. The van der Waals surface area contributed by atoms with Crippen molar-refractivity contribution in [2.45, 2.75) is 19.1 Å². The summed E-state index contributed by atoms with van der Waals surface area (Å²) in [6.45, 7) is 2.51. The van der Waals surface area contributed by atoms with Gasteiger partial charge in [0.05, 0.1) is 22.7 Å². The second-order valence-corrected chi connectivity index (χ2v) is 7.55. The minimum absolute atomic E-state index is 0.289. The lowest BCUT2D eigenvalue weighted by Crippen LogP contribution is -2.35. The molecule has 146 valence electrons. The zero-order valence-electron chi connectivity index (χ0n) is 14.1. The molecule has 0 atom stereocenters. The van der Waals surface area contributed by atoms with Gasteiger partial charge >= 0.3 is 6.18 Å². The van der Waals surface area contributed by atoms with Gasteiger partial charge in [0.25, 0.3) is 5.91 Å². The van der Waals surface area contributed by atoms with Crippen molar-refractivity contribution in [2.75, 3.05) is 26.2 Å². The summed E-state index contributed by atoms with van der Waals surface area (Å²) in [6.07, 6.45) is -2.37. The van der Waals surface area contributed by atoms with Crippen molar-refractivity contribution < 1.29 is 22.4 Å². The third-order valence-electron chi connectivity index (χ3n) is 4.30. The summed E-state index contributed by atoms with van der Waals surface area (Å²) in [6, 6.07) is 1.02. The van der Waals surface area contributed by atoms with E-state index < -0.39 is 34.1 Å². The molecule has 0 N–H and O–H groups in total. The number of rotatable bonds is 3. The standard InChI is InChI=1S/C17H16ClF4N3OS/c18-13-9-11(17(20,21)22)8-12(15(13)19)16(26)25-4-1-3-24(5-6-25)10-14-23-2-7-27-14/h2,7-9H,1,3-6,10H2. The van der Waals surface area contributed by atoms with Crippen molar-refractivity contribution in [3.8, 4) is 0 Å². The van der Waals surface area contributed by atoms with Crippen molar-refractivity contribution in [2.24, 2.45) is 0 Å². The fraction of sp³-hybridized carbons (Fsp3) is 0.412. The molecule has 1 aliphatic rings. The first-order chi connectivity index (χ1) is 12.8. The van der Waals surface area contributed by atoms with Crippen molar-refractivity contribution in [3.63, 3.8) is 0 Å². The van der Waals surface area contributed by atoms with Crippen LogP contribution in [0.5, 0.6) is 0 Å². The third kappa shape index (κ3) is 4.77. The van der Waals surface area contributed by atoms with Crippen LogP contribution in [-0.2, 0) is 12.7 Å². The zero-order valence-corrected chi connectivity index (χ0v) is 15.7. The molecule has 3 rings (SSSR count). The number of halogens is 5. The lowest BCUT2D eigenvalue weighted by Gasteiger charge is -2.22. The molecule has 0 spiro atoms. The first-order valence-corrected chi connectivity index (χ1v) is 9.47. The summed E-state index contributed by atoms with van der Waals surface area (Å²) in [5.41, 5.74) is -1.79. The molecule has 0 aliphatic carbocycles. The Morgan fingerprint density at radius 2 is 2.00 bits per heavy atom. The maximum Gasteiger partial charge on any atom is 0.416 e. The van der Waals surface area contributed by atoms with Gasteiger partial charge in [-0.25, -0.2) is 9.37 Å². The molecule has 2 aromatic rings. The van der Waals surface area contributed by atoms with Crippen LogP contribution in [0, 0.1) is 5.82 Å². The third-order valence-corrected chi connectivity index (χ3v) is 5.34. The molecule has 1 aliphatic heterocycles. The Labute approximate surface area is 162 Å². The number of benzene rings is 1. The topological polar surface area (TPSA) is 36.4 Å². The number of amides is 1. The molecule has 1 saturated heterocycles. The monoisotopic (exact) mass is 421 g/mol. The molecule has 1 fully saturated rings. The van der Waals surface area contributed by atoms with Gasteiger partial charge < -0.3 is 4.90 Å². The highest BCUT2D eigenvalue weighted by molar-refractivity contribution is 7.09. The van der Waals surface area contributed by atoms with Crippen LogP contribution in [0.1, 0.15) is 27.3 Å². The highest BCUT2D eigenvalue weighted by atomic mass is 35.5. The van der Waals surface area contributed by atoms with Crippen LogP contribution in [0.25, 0.3) is 0 Å². The van der Waals surface area contributed by atoms with E-state index >= 15 is 0 Å². The molecule has 1 aromatic heterocycles. The fourth-order valence-corrected chi connectivity index (χ4v) is 3.81. The van der Waals surface area contributed by atoms with Gasteiger partial charge in [-0.05, 0) is 18.6 Å². The largest absolute Gasteiger partial charge is 0.416 e. The zero-order chi connectivity index (χ0) is 19.6. The Bertz CT molecular complexity index is 813. The molecule has 27 heavy (non-hydrogen) atoms. The number of aromatic nitrogens is 1. The van der Waals surface area contributed by atoms with E-state index in [1.807, 2.05) is 5.38 Å². The summed E-state index contributed by atoms with van der Waals surface area (Å²) in [4.78, 5) is 20.4. The van der Waals surface area contributed by atoms with Crippen LogP contribution >= 0.6 is 22.9 Å². The Morgan fingerprint density at radius 1 is 1.22 bits per heavy atom. The number of alkyl halides is 3. The summed E-state index contributed by atoms with van der Waals surface area (Å²) >= 11 is 7.11. The highest BCUT2D eigenvalue weighted by Gasteiger charge is 2.34. The quantitative estimate of drug-likeness (QED) is 0.693. The minimum Gasteiger partial charge on any atom is -0.337 e. The van der Waals surface area contributed by atoms with E-state index in [4.69, 9.17) is 11.6 Å². The van der Waals surface area contributed by atoms with Gasteiger partial charge in [0.1, 0.15) is 5.01 Å². The maximum atomic E-state index is 14.2. The summed E-state index contributed by atoms with van der Waals surface area (Å²) in [7, 11) is 0. The normalized spacial score (nSPS) is 16.4. The lowest BCUT2D eigenvalue weighted by molar-refractivity contribution is -0.137. The van der Waals surface area contributed by atoms with E-state index in [1.54, 1.807) is 6.20 Å². The molecule has 0 bridgehead atoms. The molecule has 0 saturated carbocycles. The molecule has 10 heteroatoms. The van der Waals surface area contributed by atoms with Gasteiger partial charge in [-0.15, -0.1) is 11.3 Å². The van der Waals surface area contributed by atoms with Crippen molar-refractivity contribution in [3.05, 3.63) is 50.7 Å². The lowest BCUT2D eigenvalue weighted by atomic mass is 10.1. The molecule has 0 unspecified atom stereocenters. The highest BCUT2D eigenvalue weighted by Crippen LogP contribution is 2.34. The van der Waals surface area contributed by atoms with Crippen molar-refractivity contribution in [1.29, 1.82) is 0 Å². The number of hydrogen-bond acceptors (Lipinski definition) is 4. The Balaban J connectivity index is 1.75. The van der Waals surface area contributed by atoms with Gasteiger partial charge in [0.2, 0.25) is 0 Å². The summed E-state index contributed by atoms with van der Waals surface area (Å²) in [5, 5.41) is 2.11. The van der Waals surface area contributed by atoms with Crippen molar-refractivity contribution >= 4 is 28.8 Å². The summed E-state index contributed by atoms with van der Waals surface area (Å²) < 4.78 is 53.1. The minimum atomic E-state index is -4.71. The molecule has 1 amide bonds. The van der Waals surface area contributed by atoms with Gasteiger partial charge in [-0.3, -0.25) is 9.69 Å². The molecule has 1 aromatic carbocycles. The predicted octanol–water partition coefficient (Wildman–Crippen LogP) is 4.30. The maximum absolute atomic E-state index is 14.2. The molecular formula is C17H16ClF4N3OS. The van der Waals surface area contributed by atoms with Gasteiger partial charge in [-0.2, -0.15) is 13.2 Å². The van der Waals surface area contributed by atoms with Crippen LogP contribution in [-0.4, -0.2) is 46.9 Å². The SMILES string of the molecule is O=C(c1cc(C(F)(F)F)cc(Cl)c1F)N1CCCN(Cc2nccs2)CC1. The van der Waals surface area contributed by atoms with Crippen LogP contribution in [0.4, 0.5) is 17.6 Å². The number of thiazole rings is 1. The molecular weight excluding hydrogens is 406 g/mol. The summed E-state index contributed by atoms with van der Waals surface area (Å²) in [5.74, 6) is -1.91. The number of carbonyl (C=O) groups excluding carboxylic acids is 1. The van der Waals surface area contributed by atoms with Crippen LogP contribution < -0.4 is 0 Å². The first kappa shape index (κ1) is 20.0. The predicted molar refractivity (Wildman–Crippen MR) is 94.3 cm³/mol. The molecule has 2 heterocycles. The number of nitrogens with zero attached hydrogens (tertiary/aromatic N) is 3. The van der Waals surface area contributed by atoms with E-state index in [9.17, 15) is 22.4 Å². The number of carbonyl (C=O) groups is 1. The van der Waals surface area contributed by atoms with Crippen molar-refractivity contribution in [1.82, 2.24) is 14.8 Å². The molecule has 0 radical (unpaired) electrons. The average molecular weight is 422 g/mol. The number of hydrogen-bond donors (Lipinski definition) is 0. The van der Waals surface area contributed by atoms with Gasteiger partial charge in [-0.1, -0.05) is 11.6 Å². The van der Waals surface area contributed by atoms with E-state index in [0.717, 1.165) is 11.6 Å². The Hall–Kier alpha value is -1.71.